The van der Waals surface area contributed by atoms with Crippen LogP contribution in [0.3, 0.4) is 0 Å². The number of benzene rings is 2. The highest BCUT2D eigenvalue weighted by atomic mass is 16.1. The summed E-state index contributed by atoms with van der Waals surface area (Å²) < 4.78 is 0. The molecule has 0 fully saturated rings. The van der Waals surface area contributed by atoms with Crippen molar-refractivity contribution >= 4 is 34.4 Å². The van der Waals surface area contributed by atoms with Crippen molar-refractivity contribution in [3.05, 3.63) is 54.1 Å². The SMILES string of the molecule is CC(=O)c1ccccc1N=C1CC(C)=Nc2ccccc2N1. The van der Waals surface area contributed by atoms with E-state index in [1.54, 1.807) is 13.0 Å². The van der Waals surface area contributed by atoms with E-state index in [-0.39, 0.29) is 5.78 Å². The molecule has 1 N–H and O–H groups in total. The molecule has 0 saturated heterocycles. The van der Waals surface area contributed by atoms with Gasteiger partial charge in [-0.2, -0.15) is 0 Å². The van der Waals surface area contributed by atoms with Crippen LogP contribution in [0.15, 0.2) is 58.5 Å². The third-order valence-electron chi connectivity index (χ3n) is 3.46. The van der Waals surface area contributed by atoms with Gasteiger partial charge >= 0.3 is 0 Å². The topological polar surface area (TPSA) is 53.8 Å². The predicted molar refractivity (Wildman–Crippen MR) is 91.0 cm³/mol. The number of hydrogen-bond donors (Lipinski definition) is 1. The van der Waals surface area contributed by atoms with Crippen molar-refractivity contribution in [1.82, 2.24) is 0 Å². The molecule has 2 aromatic rings. The van der Waals surface area contributed by atoms with Crippen LogP contribution in [-0.4, -0.2) is 17.3 Å². The van der Waals surface area contributed by atoms with Crippen molar-refractivity contribution in [1.29, 1.82) is 0 Å². The van der Waals surface area contributed by atoms with E-state index in [9.17, 15) is 4.79 Å². The van der Waals surface area contributed by atoms with Gasteiger partial charge < -0.3 is 5.32 Å². The lowest BCUT2D eigenvalue weighted by Crippen LogP contribution is -2.13. The molecule has 1 heterocycles. The molecule has 0 aromatic heterocycles. The summed E-state index contributed by atoms with van der Waals surface area (Å²) in [5, 5.41) is 3.33. The Morgan fingerprint density at radius 2 is 1.86 bits per heavy atom. The molecule has 0 aliphatic carbocycles. The van der Waals surface area contributed by atoms with Crippen LogP contribution in [-0.2, 0) is 0 Å². The van der Waals surface area contributed by atoms with Crippen LogP contribution in [0.4, 0.5) is 17.1 Å². The van der Waals surface area contributed by atoms with E-state index in [0.717, 1.165) is 22.9 Å². The van der Waals surface area contributed by atoms with Gasteiger partial charge in [0.1, 0.15) is 5.84 Å². The van der Waals surface area contributed by atoms with Crippen molar-refractivity contribution in [2.24, 2.45) is 9.98 Å². The highest BCUT2D eigenvalue weighted by Crippen LogP contribution is 2.28. The minimum atomic E-state index is 0.0133. The summed E-state index contributed by atoms with van der Waals surface area (Å²) in [6.45, 7) is 3.54. The first-order chi connectivity index (χ1) is 10.6. The number of nitrogens with one attached hydrogen (secondary N) is 1. The first kappa shape index (κ1) is 14.2. The highest BCUT2D eigenvalue weighted by molar-refractivity contribution is 6.13. The number of para-hydroxylation sites is 3. The van der Waals surface area contributed by atoms with Crippen molar-refractivity contribution in [2.75, 3.05) is 5.32 Å². The Balaban J connectivity index is 2.03. The molecule has 4 heteroatoms. The summed E-state index contributed by atoms with van der Waals surface area (Å²) in [6.07, 6.45) is 0.626. The van der Waals surface area contributed by atoms with Crippen LogP contribution in [0, 0.1) is 0 Å². The molecule has 22 heavy (non-hydrogen) atoms. The Morgan fingerprint density at radius 3 is 2.68 bits per heavy atom. The first-order valence-corrected chi connectivity index (χ1v) is 7.21. The van der Waals surface area contributed by atoms with Crippen LogP contribution >= 0.6 is 0 Å². The van der Waals surface area contributed by atoms with Gasteiger partial charge in [0, 0.05) is 17.7 Å². The lowest BCUT2D eigenvalue weighted by atomic mass is 10.1. The molecule has 0 atom stereocenters. The quantitative estimate of drug-likeness (QED) is 0.827. The molecule has 0 unspecified atom stereocenters. The van der Waals surface area contributed by atoms with Crippen LogP contribution in [0.2, 0.25) is 0 Å². The summed E-state index contributed by atoms with van der Waals surface area (Å²) >= 11 is 0. The third kappa shape index (κ3) is 2.96. The summed E-state index contributed by atoms with van der Waals surface area (Å²) in [5.74, 6) is 0.805. The summed E-state index contributed by atoms with van der Waals surface area (Å²) in [4.78, 5) is 21.0. The molecule has 110 valence electrons. The monoisotopic (exact) mass is 291 g/mol. The van der Waals surface area contributed by atoms with E-state index >= 15 is 0 Å². The smallest absolute Gasteiger partial charge is 0.161 e. The average Bonchev–Trinajstić information content (AvgIpc) is 2.64. The molecular formula is C18H17N3O. The Bertz CT molecular complexity index is 790. The van der Waals surface area contributed by atoms with Crippen LogP contribution < -0.4 is 5.32 Å². The Morgan fingerprint density at radius 1 is 1.14 bits per heavy atom. The fourth-order valence-electron chi connectivity index (χ4n) is 2.45. The minimum absolute atomic E-state index is 0.0133. The number of carbonyl (C=O) groups is 1. The van der Waals surface area contributed by atoms with E-state index < -0.39 is 0 Å². The zero-order valence-electron chi connectivity index (χ0n) is 12.6. The molecule has 0 saturated carbocycles. The largest absolute Gasteiger partial charge is 0.342 e. The van der Waals surface area contributed by atoms with Gasteiger partial charge in [-0.3, -0.25) is 9.79 Å². The number of amidine groups is 1. The Hall–Kier alpha value is -2.75. The molecule has 0 spiro atoms. The molecule has 3 rings (SSSR count). The summed E-state index contributed by atoms with van der Waals surface area (Å²) in [5.41, 5.74) is 4.13. The number of ketones is 1. The Labute approximate surface area is 129 Å². The van der Waals surface area contributed by atoms with Crippen LogP contribution in [0.5, 0.6) is 0 Å². The average molecular weight is 291 g/mol. The summed E-state index contributed by atoms with van der Waals surface area (Å²) in [6, 6.07) is 15.3. The fraction of sp³-hybridized carbons (Fsp3) is 0.167. The first-order valence-electron chi connectivity index (χ1n) is 7.21. The van der Waals surface area contributed by atoms with E-state index in [4.69, 9.17) is 0 Å². The predicted octanol–water partition coefficient (Wildman–Crippen LogP) is 4.53. The van der Waals surface area contributed by atoms with Gasteiger partial charge in [0.05, 0.1) is 17.1 Å². The number of carbonyl (C=O) groups excluding carboxylic acids is 1. The molecule has 4 nitrogen and oxygen atoms in total. The number of rotatable bonds is 2. The van der Waals surface area contributed by atoms with Crippen molar-refractivity contribution in [3.8, 4) is 0 Å². The zero-order valence-corrected chi connectivity index (χ0v) is 12.6. The molecule has 0 bridgehead atoms. The maximum absolute atomic E-state index is 11.7. The second kappa shape index (κ2) is 5.93. The van der Waals surface area contributed by atoms with E-state index in [2.05, 4.69) is 15.3 Å². The van der Waals surface area contributed by atoms with Gasteiger partial charge in [0.15, 0.2) is 5.78 Å². The van der Waals surface area contributed by atoms with Crippen molar-refractivity contribution < 1.29 is 4.79 Å². The lowest BCUT2D eigenvalue weighted by Gasteiger charge is -2.09. The Kier molecular flexibility index (Phi) is 3.83. The second-order valence-electron chi connectivity index (χ2n) is 5.30. The van der Waals surface area contributed by atoms with E-state index in [0.29, 0.717) is 17.7 Å². The number of nitrogens with zero attached hydrogens (tertiary/aromatic N) is 2. The third-order valence-corrected chi connectivity index (χ3v) is 3.46. The van der Waals surface area contributed by atoms with E-state index in [1.807, 2.05) is 49.4 Å². The van der Waals surface area contributed by atoms with Gasteiger partial charge in [0.25, 0.3) is 0 Å². The fourth-order valence-corrected chi connectivity index (χ4v) is 2.45. The zero-order chi connectivity index (χ0) is 15.5. The van der Waals surface area contributed by atoms with Gasteiger partial charge in [-0.25, -0.2) is 4.99 Å². The lowest BCUT2D eigenvalue weighted by molar-refractivity contribution is 0.101. The molecule has 1 aliphatic heterocycles. The van der Waals surface area contributed by atoms with E-state index in [1.165, 1.54) is 0 Å². The normalized spacial score (nSPS) is 15.5. The van der Waals surface area contributed by atoms with Crippen molar-refractivity contribution in [2.45, 2.75) is 20.3 Å². The van der Waals surface area contributed by atoms with Gasteiger partial charge in [-0.15, -0.1) is 0 Å². The number of fused-ring (bicyclic) bond motifs is 1. The van der Waals surface area contributed by atoms with Crippen LogP contribution in [0.1, 0.15) is 30.6 Å². The standard InChI is InChI=1S/C18H17N3O/c1-12-11-18(21-17-10-6-5-9-16(17)19-12)20-15-8-4-3-7-14(15)13(2)22/h3-10H,11H2,1-2H3,(H,20,21). The number of aliphatic imine (C=N–C) groups is 2. The molecule has 2 aromatic carbocycles. The number of Topliss-reactive ketones (excluding diaryl/α,β-unsaturated/α-hetero) is 1. The van der Waals surface area contributed by atoms with Crippen LogP contribution in [0.25, 0.3) is 0 Å². The van der Waals surface area contributed by atoms with Gasteiger partial charge in [0.2, 0.25) is 0 Å². The maximum atomic E-state index is 11.7. The van der Waals surface area contributed by atoms with Crippen molar-refractivity contribution in [3.63, 3.8) is 0 Å². The number of hydrogen-bond acceptors (Lipinski definition) is 3. The maximum Gasteiger partial charge on any atom is 0.161 e. The minimum Gasteiger partial charge on any atom is -0.342 e. The second-order valence-corrected chi connectivity index (χ2v) is 5.30. The molecule has 1 aliphatic rings. The summed E-state index contributed by atoms with van der Waals surface area (Å²) in [7, 11) is 0. The highest BCUT2D eigenvalue weighted by Gasteiger charge is 2.13. The molecule has 0 radical (unpaired) electrons. The molecular weight excluding hydrogens is 274 g/mol. The number of anilines is 1. The van der Waals surface area contributed by atoms with Gasteiger partial charge in [-0.1, -0.05) is 24.3 Å². The molecule has 0 amide bonds. The van der Waals surface area contributed by atoms with Gasteiger partial charge in [-0.05, 0) is 38.1 Å².